The average Bonchev–Trinajstić information content (AvgIpc) is 2.99. The van der Waals surface area contributed by atoms with Crippen molar-refractivity contribution < 1.29 is 5.11 Å². The Balaban J connectivity index is 1.49. The second-order valence-corrected chi connectivity index (χ2v) is 11.4. The zero-order valence-corrected chi connectivity index (χ0v) is 19.1. The quantitative estimate of drug-likeness (QED) is 0.699. The lowest BCUT2D eigenvalue weighted by molar-refractivity contribution is -0.0565. The number of allylic oxidation sites excluding steroid dienone is 1. The molecular formula is C25H44N2O. The summed E-state index contributed by atoms with van der Waals surface area (Å²) in [7, 11) is 6.76. The smallest absolute Gasteiger partial charge is 0.0577 e. The summed E-state index contributed by atoms with van der Waals surface area (Å²) in [5.74, 6) is 2.63. The number of rotatable bonds is 5. The molecule has 4 aliphatic rings. The van der Waals surface area contributed by atoms with E-state index in [0.29, 0.717) is 10.8 Å². The zero-order valence-electron chi connectivity index (χ0n) is 19.1. The van der Waals surface area contributed by atoms with Crippen molar-refractivity contribution in [2.75, 3.05) is 34.2 Å². The molecule has 0 aromatic heterocycles. The molecule has 3 nitrogen and oxygen atoms in total. The van der Waals surface area contributed by atoms with Crippen LogP contribution in [-0.4, -0.2) is 61.3 Å². The second kappa shape index (κ2) is 7.71. The summed E-state index contributed by atoms with van der Waals surface area (Å²) >= 11 is 0. The largest absolute Gasteiger partial charge is 0.393 e. The molecule has 0 radical (unpaired) electrons. The summed E-state index contributed by atoms with van der Waals surface area (Å²) < 4.78 is 0. The highest BCUT2D eigenvalue weighted by molar-refractivity contribution is 5.25. The maximum Gasteiger partial charge on any atom is 0.0577 e. The molecule has 0 amide bonds. The molecule has 7 atom stereocenters. The molecule has 28 heavy (non-hydrogen) atoms. The van der Waals surface area contributed by atoms with Crippen LogP contribution >= 0.6 is 0 Å². The van der Waals surface area contributed by atoms with Crippen molar-refractivity contribution in [3.63, 3.8) is 0 Å². The maximum absolute atomic E-state index is 10.2. The normalized spacial score (nSPS) is 45.6. The number of nitrogens with zero attached hydrogens (tertiary/aromatic N) is 2. The van der Waals surface area contributed by atoms with Crippen LogP contribution in [0.3, 0.4) is 0 Å². The first kappa shape index (κ1) is 20.9. The van der Waals surface area contributed by atoms with E-state index >= 15 is 0 Å². The van der Waals surface area contributed by atoms with Crippen molar-refractivity contribution in [1.82, 2.24) is 9.80 Å². The molecule has 3 heteroatoms. The van der Waals surface area contributed by atoms with Gasteiger partial charge in [0.25, 0.3) is 0 Å². The number of aliphatic hydroxyl groups excluding tert-OH is 1. The Morgan fingerprint density at radius 2 is 1.79 bits per heavy atom. The van der Waals surface area contributed by atoms with Gasteiger partial charge in [-0.1, -0.05) is 25.5 Å². The van der Waals surface area contributed by atoms with Crippen molar-refractivity contribution >= 4 is 0 Å². The van der Waals surface area contributed by atoms with E-state index in [1.165, 1.54) is 58.0 Å². The van der Waals surface area contributed by atoms with Crippen LogP contribution in [0.1, 0.15) is 71.6 Å². The monoisotopic (exact) mass is 388 g/mol. The third kappa shape index (κ3) is 3.40. The van der Waals surface area contributed by atoms with Gasteiger partial charge in [0.1, 0.15) is 0 Å². The van der Waals surface area contributed by atoms with Gasteiger partial charge in [-0.25, -0.2) is 0 Å². The third-order valence-corrected chi connectivity index (χ3v) is 9.68. The summed E-state index contributed by atoms with van der Waals surface area (Å²) in [6.45, 7) is 7.61. The SMILES string of the molecule is CN(C)CCCN(C)[C@@H]1CC[C@H]2[C@H]3CC=C4C[C@H](O)CC[C@@]4(C)[C@@H]3CC[C@@]21C. The Labute approximate surface area is 173 Å². The van der Waals surface area contributed by atoms with E-state index in [0.717, 1.165) is 36.6 Å². The molecule has 0 heterocycles. The van der Waals surface area contributed by atoms with Gasteiger partial charge < -0.3 is 14.9 Å². The van der Waals surface area contributed by atoms with E-state index < -0.39 is 0 Å². The van der Waals surface area contributed by atoms with Gasteiger partial charge in [-0.3, -0.25) is 0 Å². The topological polar surface area (TPSA) is 26.7 Å². The summed E-state index contributed by atoms with van der Waals surface area (Å²) in [6.07, 6.45) is 13.8. The van der Waals surface area contributed by atoms with Crippen LogP contribution in [-0.2, 0) is 0 Å². The summed E-state index contributed by atoms with van der Waals surface area (Å²) in [6, 6.07) is 0.770. The predicted molar refractivity (Wildman–Crippen MR) is 117 cm³/mol. The lowest BCUT2D eigenvalue weighted by Crippen LogP contribution is -2.53. The zero-order chi connectivity index (χ0) is 20.1. The predicted octanol–water partition coefficient (Wildman–Crippen LogP) is 4.56. The van der Waals surface area contributed by atoms with E-state index in [1.807, 2.05) is 0 Å². The number of hydrogen-bond donors (Lipinski definition) is 1. The van der Waals surface area contributed by atoms with E-state index in [9.17, 15) is 5.11 Å². The first-order valence-electron chi connectivity index (χ1n) is 12.0. The standard InChI is InChI=1S/C25H44N2O/c1-24-13-11-19(28)17-18(24)7-8-20-21-9-10-23(25(21,2)14-12-22(20)24)27(5)16-6-15-26(3)4/h7,19-23,28H,6,8-17H2,1-5H3/t19-,20-,21+,22-,23-,24-,25+/m1/s1. The molecule has 0 aliphatic heterocycles. The molecule has 1 N–H and O–H groups in total. The van der Waals surface area contributed by atoms with Gasteiger partial charge in [-0.2, -0.15) is 0 Å². The Morgan fingerprint density at radius 3 is 2.54 bits per heavy atom. The molecule has 0 aromatic rings. The lowest BCUT2D eigenvalue weighted by Gasteiger charge is -2.58. The number of hydrogen-bond acceptors (Lipinski definition) is 3. The Kier molecular flexibility index (Phi) is 5.74. The molecular weight excluding hydrogens is 344 g/mol. The minimum atomic E-state index is -0.0867. The van der Waals surface area contributed by atoms with Gasteiger partial charge >= 0.3 is 0 Å². The number of fused-ring (bicyclic) bond motifs is 5. The fourth-order valence-corrected chi connectivity index (χ4v) is 8.13. The molecule has 0 saturated heterocycles. The van der Waals surface area contributed by atoms with Crippen molar-refractivity contribution in [3.05, 3.63) is 11.6 Å². The average molecular weight is 389 g/mol. The highest BCUT2D eigenvalue weighted by Gasteiger charge is 2.59. The molecule has 3 fully saturated rings. The Bertz CT molecular complexity index is 601. The minimum absolute atomic E-state index is 0.0867. The van der Waals surface area contributed by atoms with E-state index in [-0.39, 0.29) is 6.10 Å². The van der Waals surface area contributed by atoms with E-state index in [1.54, 1.807) is 5.57 Å². The van der Waals surface area contributed by atoms with Crippen LogP contribution < -0.4 is 0 Å². The van der Waals surface area contributed by atoms with Gasteiger partial charge in [0.2, 0.25) is 0 Å². The number of aliphatic hydroxyl groups is 1. The maximum atomic E-state index is 10.2. The molecule has 0 unspecified atom stereocenters. The summed E-state index contributed by atoms with van der Waals surface area (Å²) in [4.78, 5) is 5.03. The van der Waals surface area contributed by atoms with E-state index in [4.69, 9.17) is 0 Å². The van der Waals surface area contributed by atoms with Gasteiger partial charge in [0, 0.05) is 6.04 Å². The van der Waals surface area contributed by atoms with E-state index in [2.05, 4.69) is 50.9 Å². The molecule has 0 bridgehead atoms. The second-order valence-electron chi connectivity index (χ2n) is 11.4. The molecule has 4 aliphatic carbocycles. The Hall–Kier alpha value is -0.380. The van der Waals surface area contributed by atoms with Crippen LogP contribution in [0.5, 0.6) is 0 Å². The van der Waals surface area contributed by atoms with Gasteiger partial charge in [-0.15, -0.1) is 0 Å². The fraction of sp³-hybridized carbons (Fsp3) is 0.920. The van der Waals surface area contributed by atoms with Crippen LogP contribution in [0.4, 0.5) is 0 Å². The summed E-state index contributed by atoms with van der Waals surface area (Å²) in [5.41, 5.74) is 2.48. The van der Waals surface area contributed by atoms with Crippen molar-refractivity contribution in [2.45, 2.75) is 83.8 Å². The molecule has 0 aromatic carbocycles. The highest BCUT2D eigenvalue weighted by Crippen LogP contribution is 2.65. The first-order chi connectivity index (χ1) is 13.3. The minimum Gasteiger partial charge on any atom is -0.393 e. The van der Waals surface area contributed by atoms with Crippen LogP contribution in [0.25, 0.3) is 0 Å². The molecule has 160 valence electrons. The lowest BCUT2D eigenvalue weighted by atomic mass is 9.48. The van der Waals surface area contributed by atoms with Crippen LogP contribution in [0.15, 0.2) is 11.6 Å². The molecule has 0 spiro atoms. The van der Waals surface area contributed by atoms with Crippen LogP contribution in [0.2, 0.25) is 0 Å². The Morgan fingerprint density at radius 1 is 1.00 bits per heavy atom. The fourth-order valence-electron chi connectivity index (χ4n) is 8.13. The highest BCUT2D eigenvalue weighted by atomic mass is 16.3. The molecule has 3 saturated carbocycles. The van der Waals surface area contributed by atoms with Gasteiger partial charge in [0.15, 0.2) is 0 Å². The van der Waals surface area contributed by atoms with Crippen molar-refractivity contribution in [3.8, 4) is 0 Å². The molecule has 4 rings (SSSR count). The van der Waals surface area contributed by atoms with Gasteiger partial charge in [0.05, 0.1) is 6.10 Å². The van der Waals surface area contributed by atoms with Crippen molar-refractivity contribution in [1.29, 1.82) is 0 Å². The first-order valence-corrected chi connectivity index (χ1v) is 12.0. The third-order valence-electron chi connectivity index (χ3n) is 9.68. The van der Waals surface area contributed by atoms with Gasteiger partial charge in [-0.05, 0) is 121 Å². The van der Waals surface area contributed by atoms with Crippen LogP contribution in [0, 0.1) is 28.6 Å². The summed E-state index contributed by atoms with van der Waals surface area (Å²) in [5, 5.41) is 10.2. The van der Waals surface area contributed by atoms with Crippen molar-refractivity contribution in [2.24, 2.45) is 28.6 Å².